The van der Waals surface area contributed by atoms with Gasteiger partial charge in [-0.15, -0.1) is 0 Å². The molecule has 0 bridgehead atoms. The summed E-state index contributed by atoms with van der Waals surface area (Å²) >= 11 is 7.84. The fraction of sp³-hybridized carbons (Fsp3) is 0.622. The molecule has 2 aliphatic heterocycles. The van der Waals surface area contributed by atoms with Crippen molar-refractivity contribution in [3.63, 3.8) is 0 Å². The number of fused-ring (bicyclic) bond motifs is 2. The summed E-state index contributed by atoms with van der Waals surface area (Å²) in [6.45, 7) is 7.64. The Balaban J connectivity index is 1.60. The van der Waals surface area contributed by atoms with E-state index in [4.69, 9.17) is 35.9 Å². The average molecular weight is 687 g/mol. The van der Waals surface area contributed by atoms with Crippen LogP contribution in [0.3, 0.4) is 0 Å². The van der Waals surface area contributed by atoms with Gasteiger partial charge in [0.2, 0.25) is 0 Å². The number of hydrogen-bond acceptors (Lipinski definition) is 9. The van der Waals surface area contributed by atoms with Gasteiger partial charge in [0.1, 0.15) is 4.32 Å². The highest BCUT2D eigenvalue weighted by Crippen LogP contribution is 2.46. The number of thioether (sulfide) groups is 1. The second-order valence-corrected chi connectivity index (χ2v) is 14.3. The summed E-state index contributed by atoms with van der Waals surface area (Å²) in [5.41, 5.74) is 5.29. The average Bonchev–Trinajstić information content (AvgIpc) is 3.10. The van der Waals surface area contributed by atoms with Gasteiger partial charge in [0.05, 0.1) is 41.6 Å². The van der Waals surface area contributed by atoms with E-state index in [1.807, 2.05) is 0 Å². The molecule has 0 radical (unpaired) electrons. The number of carbonyl (C=O) groups excluding carboxylic acids is 1. The van der Waals surface area contributed by atoms with Crippen LogP contribution in [-0.4, -0.2) is 81.0 Å². The topological polar surface area (TPSA) is 69.7 Å². The minimum Gasteiger partial charge on any atom is -0.493 e. The number of rotatable bonds is 16. The molecule has 2 heterocycles. The smallest absolute Gasteiger partial charge is 0.305 e. The molecule has 10 heteroatoms. The van der Waals surface area contributed by atoms with Gasteiger partial charge in [-0.3, -0.25) is 9.69 Å². The van der Waals surface area contributed by atoms with E-state index >= 15 is 0 Å². The number of benzene rings is 2. The molecule has 2 aliphatic rings. The van der Waals surface area contributed by atoms with Gasteiger partial charge >= 0.3 is 5.97 Å². The molecule has 260 valence electrons. The van der Waals surface area contributed by atoms with Crippen molar-refractivity contribution in [1.82, 2.24) is 9.80 Å². The van der Waals surface area contributed by atoms with Gasteiger partial charge in [-0.25, -0.2) is 0 Å². The minimum atomic E-state index is -0.157. The molecular weight excluding hydrogens is 633 g/mol. The maximum atomic E-state index is 11.6. The summed E-state index contributed by atoms with van der Waals surface area (Å²) in [6.07, 6.45) is 8.50. The van der Waals surface area contributed by atoms with Crippen LogP contribution < -0.4 is 18.9 Å². The van der Waals surface area contributed by atoms with Crippen LogP contribution in [-0.2, 0) is 22.4 Å². The van der Waals surface area contributed by atoms with Crippen LogP contribution in [0, 0.1) is 5.92 Å². The molecule has 0 spiro atoms. The van der Waals surface area contributed by atoms with Gasteiger partial charge < -0.3 is 28.6 Å². The summed E-state index contributed by atoms with van der Waals surface area (Å²) in [7, 11) is 8.27. The normalized spacial score (nSPS) is 18.1. The van der Waals surface area contributed by atoms with Crippen molar-refractivity contribution in [2.45, 2.75) is 83.7 Å². The fourth-order valence-electron chi connectivity index (χ4n) is 7.14. The van der Waals surface area contributed by atoms with E-state index < -0.39 is 0 Å². The SMILES string of the molecule is CCCCN1CCc2cc(OC)c(OC)cc2C1CCC(C)C1c2cc(OC)c(OC)cc2CCN1C(=S)SCCCCC(=O)OC. The lowest BCUT2D eigenvalue weighted by atomic mass is 9.81. The van der Waals surface area contributed by atoms with Gasteiger partial charge in [0.15, 0.2) is 23.0 Å². The number of unbranched alkanes of at least 4 members (excludes halogenated alkanes) is 2. The van der Waals surface area contributed by atoms with Gasteiger partial charge in [-0.2, -0.15) is 0 Å². The molecular formula is C37H54N2O6S2. The zero-order valence-corrected chi connectivity index (χ0v) is 31.0. The van der Waals surface area contributed by atoms with Crippen LogP contribution in [0.25, 0.3) is 0 Å². The molecule has 2 aromatic carbocycles. The first-order chi connectivity index (χ1) is 22.8. The molecule has 0 saturated heterocycles. The number of thiocarbonyl (C=S) groups is 1. The fourth-order valence-corrected chi connectivity index (χ4v) is 8.49. The molecule has 8 nitrogen and oxygen atoms in total. The van der Waals surface area contributed by atoms with Crippen molar-refractivity contribution in [2.75, 3.05) is 60.9 Å². The summed E-state index contributed by atoms with van der Waals surface area (Å²) in [6, 6.07) is 9.15. The van der Waals surface area contributed by atoms with Crippen LogP contribution in [0.1, 0.15) is 93.1 Å². The Morgan fingerprint density at radius 1 is 0.872 bits per heavy atom. The Labute approximate surface area is 291 Å². The first kappa shape index (κ1) is 37.1. The molecule has 47 heavy (non-hydrogen) atoms. The molecule has 0 saturated carbocycles. The van der Waals surface area contributed by atoms with Crippen LogP contribution in [0.5, 0.6) is 23.0 Å². The molecule has 0 aliphatic carbocycles. The Bertz CT molecular complexity index is 1350. The van der Waals surface area contributed by atoms with Crippen LogP contribution >= 0.6 is 24.0 Å². The molecule has 0 fully saturated rings. The van der Waals surface area contributed by atoms with Gasteiger partial charge in [-0.1, -0.05) is 44.2 Å². The highest BCUT2D eigenvalue weighted by Gasteiger charge is 2.36. The van der Waals surface area contributed by atoms with Gasteiger partial charge in [0, 0.05) is 31.3 Å². The third-order valence-corrected chi connectivity index (χ3v) is 11.3. The van der Waals surface area contributed by atoms with Crippen LogP contribution in [0.2, 0.25) is 0 Å². The second kappa shape index (κ2) is 18.2. The molecule has 3 unspecified atom stereocenters. The zero-order valence-electron chi connectivity index (χ0n) is 29.4. The first-order valence-electron chi connectivity index (χ1n) is 17.0. The standard InChI is InChI=1S/C37H54N2O6S2/c1-8-9-17-38-18-15-26-21-31(41-3)33(43-5)23-28(26)30(38)14-13-25(2)36-29-24-34(44-6)32(42-4)22-27(29)16-19-39(36)37(46)47-20-11-10-12-35(40)45-7/h21-25,30,36H,8-20H2,1-7H3. The first-order valence-corrected chi connectivity index (χ1v) is 18.4. The van der Waals surface area contributed by atoms with Crippen LogP contribution in [0.15, 0.2) is 24.3 Å². The summed E-state index contributed by atoms with van der Waals surface area (Å²) in [5.74, 6) is 4.16. The van der Waals surface area contributed by atoms with Crippen molar-refractivity contribution in [1.29, 1.82) is 0 Å². The quantitative estimate of drug-likeness (QED) is 0.0993. The number of nitrogens with zero attached hydrogens (tertiary/aromatic N) is 2. The van der Waals surface area contributed by atoms with Crippen molar-refractivity contribution in [2.24, 2.45) is 5.92 Å². The Morgan fingerprint density at radius 2 is 1.47 bits per heavy atom. The minimum absolute atomic E-state index is 0.117. The predicted molar refractivity (Wildman–Crippen MR) is 194 cm³/mol. The Hall–Kier alpha value is -2.69. The lowest BCUT2D eigenvalue weighted by molar-refractivity contribution is -0.140. The molecule has 0 amide bonds. The van der Waals surface area contributed by atoms with E-state index in [9.17, 15) is 4.79 Å². The van der Waals surface area contributed by atoms with Crippen LogP contribution in [0.4, 0.5) is 0 Å². The lowest BCUT2D eigenvalue weighted by Gasteiger charge is -2.43. The number of hydrogen-bond donors (Lipinski definition) is 0. The maximum absolute atomic E-state index is 11.6. The summed E-state index contributed by atoms with van der Waals surface area (Å²) in [5, 5.41) is 0. The molecule has 2 aromatic rings. The predicted octanol–water partition coefficient (Wildman–Crippen LogP) is 7.80. The summed E-state index contributed by atoms with van der Waals surface area (Å²) in [4.78, 5) is 16.7. The van der Waals surface area contributed by atoms with E-state index in [2.05, 4.69) is 47.9 Å². The second-order valence-electron chi connectivity index (χ2n) is 12.6. The van der Waals surface area contributed by atoms with Gasteiger partial charge in [-0.05, 0) is 104 Å². The van der Waals surface area contributed by atoms with Gasteiger partial charge in [0.25, 0.3) is 0 Å². The molecule has 0 N–H and O–H groups in total. The maximum Gasteiger partial charge on any atom is 0.305 e. The lowest BCUT2D eigenvalue weighted by Crippen LogP contribution is -2.41. The number of esters is 1. The summed E-state index contributed by atoms with van der Waals surface area (Å²) < 4.78 is 28.6. The van der Waals surface area contributed by atoms with E-state index in [1.54, 1.807) is 40.2 Å². The van der Waals surface area contributed by atoms with Crippen molar-refractivity contribution < 1.29 is 28.5 Å². The monoisotopic (exact) mass is 686 g/mol. The number of ether oxygens (including phenoxy) is 5. The van der Waals surface area contributed by atoms with E-state index in [-0.39, 0.29) is 12.0 Å². The van der Waals surface area contributed by atoms with Crippen molar-refractivity contribution >= 4 is 34.3 Å². The van der Waals surface area contributed by atoms with Crippen molar-refractivity contribution in [3.05, 3.63) is 46.5 Å². The Morgan fingerprint density at radius 3 is 2.09 bits per heavy atom. The molecule has 3 atom stereocenters. The molecule has 0 aromatic heterocycles. The number of carbonyl (C=O) groups is 1. The van der Waals surface area contributed by atoms with E-state index in [0.717, 1.165) is 91.2 Å². The highest BCUT2D eigenvalue weighted by atomic mass is 32.2. The molecule has 4 rings (SSSR count). The zero-order chi connectivity index (χ0) is 33.9. The van der Waals surface area contributed by atoms with E-state index in [1.165, 1.54) is 42.2 Å². The van der Waals surface area contributed by atoms with Crippen molar-refractivity contribution in [3.8, 4) is 23.0 Å². The highest BCUT2D eigenvalue weighted by molar-refractivity contribution is 8.22. The number of methoxy groups -OCH3 is 5. The largest absolute Gasteiger partial charge is 0.493 e. The third kappa shape index (κ3) is 9.06. The third-order valence-electron chi connectivity index (χ3n) is 9.73. The van der Waals surface area contributed by atoms with E-state index in [0.29, 0.717) is 18.4 Å². The Kier molecular flexibility index (Phi) is 14.4.